The molecule has 0 saturated carbocycles. The molecule has 6 rings (SSSR count). The van der Waals surface area contributed by atoms with Gasteiger partial charge < -0.3 is 75.8 Å². The van der Waals surface area contributed by atoms with Gasteiger partial charge in [-0.1, -0.05) is 0 Å². The van der Waals surface area contributed by atoms with E-state index in [1.165, 1.54) is 13.8 Å². The fourth-order valence-electron chi connectivity index (χ4n) is 7.94. The minimum atomic E-state index is -2.11. The molecule has 0 amide bonds. The molecule has 0 unspecified atom stereocenters. The third-order valence-corrected chi connectivity index (χ3v) is 10.1. The summed E-state index contributed by atoms with van der Waals surface area (Å²) in [4.78, 5) is 85.1. The summed E-state index contributed by atoms with van der Waals surface area (Å²) < 4.78 is 105. The van der Waals surface area contributed by atoms with E-state index >= 15 is 0 Å². The predicted molar refractivity (Wildman–Crippen MR) is 192 cm³/mol. The van der Waals surface area contributed by atoms with Crippen molar-refractivity contribution in [1.29, 1.82) is 0 Å². The van der Waals surface area contributed by atoms with Crippen molar-refractivity contribution in [2.45, 2.75) is 180 Å². The molecule has 0 spiro atoms. The second-order valence-corrected chi connectivity index (χ2v) is 15.4. The number of esters is 7. The summed E-state index contributed by atoms with van der Waals surface area (Å²) in [5.41, 5.74) is 0. The molecular weight excluding hydrogens is 856 g/mol. The van der Waals surface area contributed by atoms with E-state index in [2.05, 4.69) is 0 Å². The highest BCUT2D eigenvalue weighted by atomic mass is 17.0. The van der Waals surface area contributed by atoms with Crippen LogP contribution in [0.4, 0.5) is 0 Å². The van der Waals surface area contributed by atoms with Gasteiger partial charge in [0.2, 0.25) is 0 Å². The predicted octanol–water partition coefficient (Wildman–Crippen LogP) is -0.713. The highest BCUT2D eigenvalue weighted by Crippen LogP contribution is 2.45. The highest BCUT2D eigenvalue weighted by Gasteiger charge is 2.64. The van der Waals surface area contributed by atoms with Crippen molar-refractivity contribution in [2.24, 2.45) is 0 Å². The summed E-state index contributed by atoms with van der Waals surface area (Å²) in [5, 5.41) is 0. The van der Waals surface area contributed by atoms with E-state index in [1.807, 2.05) is 0 Å². The lowest BCUT2D eigenvalue weighted by molar-refractivity contribution is -0.396. The van der Waals surface area contributed by atoms with Crippen LogP contribution in [0.3, 0.4) is 0 Å². The van der Waals surface area contributed by atoms with Crippen LogP contribution < -0.4 is 0 Å². The minimum Gasteiger partial charge on any atom is -0.463 e. The van der Waals surface area contributed by atoms with Gasteiger partial charge in [-0.05, 0) is 6.92 Å². The molecule has 6 aliphatic rings. The second-order valence-electron chi connectivity index (χ2n) is 15.4. The number of rotatable bonds is 14. The van der Waals surface area contributed by atoms with Gasteiger partial charge in [-0.15, -0.1) is 0 Å². The number of carbonyl (C=O) groups is 7. The fraction of sp³-hybridized carbons (Fsp3) is 0.816. The molecule has 0 bridgehead atoms. The van der Waals surface area contributed by atoms with Gasteiger partial charge in [0.15, 0.2) is 67.9 Å². The summed E-state index contributed by atoms with van der Waals surface area (Å²) >= 11 is 0. The first kappa shape index (κ1) is 48.3. The molecule has 0 N–H and O–H groups in total. The molecule has 354 valence electrons. The van der Waals surface area contributed by atoms with Crippen molar-refractivity contribution in [3.63, 3.8) is 0 Å². The molecule has 6 saturated heterocycles. The summed E-state index contributed by atoms with van der Waals surface area (Å²) in [7, 11) is 0. The molecule has 6 fully saturated rings. The van der Waals surface area contributed by atoms with Gasteiger partial charge in [0.1, 0.15) is 43.7 Å². The number of hydrogen-bond donors (Lipinski definition) is 0. The van der Waals surface area contributed by atoms with Crippen molar-refractivity contribution in [2.75, 3.05) is 19.8 Å². The Labute approximate surface area is 359 Å². The Bertz CT molecular complexity index is 1740. The van der Waals surface area contributed by atoms with E-state index in [0.29, 0.717) is 0 Å². The number of carbonyl (C=O) groups excluding carboxylic acids is 7. The summed E-state index contributed by atoms with van der Waals surface area (Å²) in [6.45, 7) is 10.9. The lowest BCUT2D eigenvalue weighted by Gasteiger charge is -2.44. The van der Waals surface area contributed by atoms with Crippen molar-refractivity contribution >= 4 is 41.8 Å². The Hall–Kier alpha value is -4.15. The van der Waals surface area contributed by atoms with Crippen LogP contribution in [-0.2, 0) is 119 Å². The van der Waals surface area contributed by atoms with Crippen LogP contribution in [0.25, 0.3) is 0 Å². The number of ether oxygens (including phenoxy) is 18. The molecule has 0 aromatic heterocycles. The van der Waals surface area contributed by atoms with Crippen molar-refractivity contribution < 1.29 is 119 Å². The summed E-state index contributed by atoms with van der Waals surface area (Å²) in [6, 6.07) is 0. The van der Waals surface area contributed by atoms with Gasteiger partial charge in [0.05, 0.1) is 6.61 Å². The first-order chi connectivity index (χ1) is 29.5. The van der Waals surface area contributed by atoms with Gasteiger partial charge >= 0.3 is 41.8 Å². The fourth-order valence-corrected chi connectivity index (χ4v) is 7.94. The molecule has 25 nitrogen and oxygen atoms in total. The molecule has 18 atom stereocenters. The molecule has 0 aliphatic carbocycles. The Morgan fingerprint density at radius 2 is 0.794 bits per heavy atom. The Balaban J connectivity index is 1.24. The molecule has 25 heteroatoms. The smallest absolute Gasteiger partial charge is 0.303 e. The normalized spacial score (nSPS) is 41.5. The molecule has 6 heterocycles. The van der Waals surface area contributed by atoms with Crippen LogP contribution in [0.1, 0.15) is 69.2 Å². The zero-order valence-corrected chi connectivity index (χ0v) is 36.1. The molecule has 0 aromatic rings. The van der Waals surface area contributed by atoms with Gasteiger partial charge in [0.25, 0.3) is 11.9 Å². The number of hydrogen-bond acceptors (Lipinski definition) is 25. The van der Waals surface area contributed by atoms with Crippen molar-refractivity contribution in [3.05, 3.63) is 0 Å². The average Bonchev–Trinajstić information content (AvgIpc) is 3.82. The monoisotopic (exact) mass is 908 g/mol. The lowest BCUT2D eigenvalue weighted by atomic mass is 9.98. The van der Waals surface area contributed by atoms with E-state index in [9.17, 15) is 33.6 Å². The third-order valence-electron chi connectivity index (χ3n) is 10.1. The zero-order valence-electron chi connectivity index (χ0n) is 36.1. The highest BCUT2D eigenvalue weighted by molar-refractivity contribution is 5.69. The maximum atomic E-state index is 12.7. The van der Waals surface area contributed by atoms with Gasteiger partial charge in [-0.25, -0.2) is 0 Å². The minimum absolute atomic E-state index is 0.411. The van der Waals surface area contributed by atoms with Gasteiger partial charge in [0, 0.05) is 62.3 Å². The average molecular weight is 909 g/mol. The maximum absolute atomic E-state index is 12.7. The van der Waals surface area contributed by atoms with Crippen LogP contribution in [-0.4, -0.2) is 172 Å². The molecule has 63 heavy (non-hydrogen) atoms. The molecule has 0 aromatic carbocycles. The van der Waals surface area contributed by atoms with E-state index in [0.717, 1.165) is 48.5 Å². The van der Waals surface area contributed by atoms with Crippen LogP contribution in [0.5, 0.6) is 0 Å². The van der Waals surface area contributed by atoms with Crippen molar-refractivity contribution in [3.8, 4) is 0 Å². The van der Waals surface area contributed by atoms with Gasteiger partial charge in [-0.3, -0.25) is 43.0 Å². The van der Waals surface area contributed by atoms with Crippen LogP contribution in [0.2, 0.25) is 0 Å². The molecular formula is C38H52O25. The van der Waals surface area contributed by atoms with Crippen molar-refractivity contribution in [1.82, 2.24) is 0 Å². The summed E-state index contributed by atoms with van der Waals surface area (Å²) in [5.74, 6) is -9.30. The van der Waals surface area contributed by atoms with Crippen LogP contribution in [0, 0.1) is 0 Å². The van der Waals surface area contributed by atoms with Crippen LogP contribution in [0.15, 0.2) is 0 Å². The molecule has 6 aliphatic heterocycles. The topological polar surface area (TPSA) is 286 Å². The standard InChI is InChI=1S/C38H52O25/c1-14(39)46-11-22-25(49-16(3)41)28(52-19(6)44)32-35(57-22)62-37(9,60-32)48-13-24-27(51-18(5)43)30(31-34(56-24)55-21(8)54-31)59-38(10)61-33-29(53-20(7)45)26(50-17(4)42)23(12-47-15(2)40)58-36(33)63-38/h21-36H,11-13H2,1-10H3/t21-,22+,23+,24+,25+,26-,27-,28-,29+,30-,31-,32+,33-,34-,35-,36+,37-,38-/m1/s1. The van der Waals surface area contributed by atoms with E-state index in [-0.39, 0.29) is 0 Å². The quantitative estimate of drug-likeness (QED) is 0.154. The summed E-state index contributed by atoms with van der Waals surface area (Å²) in [6.07, 6.45) is -20.1. The van der Waals surface area contributed by atoms with E-state index in [4.69, 9.17) is 85.3 Å². The SMILES string of the molecule is CC(=O)OC[C@@H]1O[C@@H]2O[C@](C)(OC[C@@H]3O[C@H]4O[C@H](C)O[C@@H]4[C@H](O[C@@]4(C)O[C@@H]5O[C@@H](COC(C)=O)[C@@H](OC(C)=O)[C@H](OC(C)=O)[C@H]5O4)[C@@H]3OC(C)=O)O[C@H]2[C@H](OC(C)=O)[C@H]1OC(C)=O. The molecule has 0 radical (unpaired) electrons. The first-order valence-electron chi connectivity index (χ1n) is 20.0. The Kier molecular flexibility index (Phi) is 15.0. The van der Waals surface area contributed by atoms with Gasteiger partial charge in [-0.2, -0.15) is 0 Å². The van der Waals surface area contributed by atoms with E-state index < -0.39 is 172 Å². The second kappa shape index (κ2) is 19.5. The lowest BCUT2D eigenvalue weighted by Crippen LogP contribution is -2.62. The van der Waals surface area contributed by atoms with Crippen LogP contribution >= 0.6 is 0 Å². The Morgan fingerprint density at radius 1 is 0.413 bits per heavy atom. The first-order valence-corrected chi connectivity index (χ1v) is 20.0. The number of fused-ring (bicyclic) bond motifs is 3. The zero-order chi connectivity index (χ0) is 46.1. The maximum Gasteiger partial charge on any atom is 0.303 e. The third kappa shape index (κ3) is 11.6. The van der Waals surface area contributed by atoms with E-state index in [1.54, 1.807) is 6.92 Å². The largest absolute Gasteiger partial charge is 0.463 e. The Morgan fingerprint density at radius 3 is 1.24 bits per heavy atom.